The molecule has 4 unspecified atom stereocenters. The average molecular weight is 282 g/mol. The zero-order chi connectivity index (χ0) is 13.5. The van der Waals surface area contributed by atoms with E-state index in [4.69, 9.17) is 0 Å². The first kappa shape index (κ1) is 12.5. The van der Waals surface area contributed by atoms with E-state index in [1.54, 1.807) is 0 Å². The third kappa shape index (κ3) is 1.99. The minimum atomic E-state index is 0.181. The highest BCUT2D eigenvalue weighted by Gasteiger charge is 2.42. The SMILES string of the molecule is C=CC1CN2CP1CC2Cc1ccnc2ccccc12. The molecule has 2 aromatic rings. The highest BCUT2D eigenvalue weighted by molar-refractivity contribution is 7.59. The van der Waals surface area contributed by atoms with Crippen molar-refractivity contribution in [2.75, 3.05) is 19.0 Å². The minimum absolute atomic E-state index is 0.181. The molecule has 2 fully saturated rings. The Morgan fingerprint density at radius 1 is 1.35 bits per heavy atom. The highest BCUT2D eigenvalue weighted by Crippen LogP contribution is 2.55. The average Bonchev–Trinajstić information content (AvgIpc) is 3.07. The molecular formula is C17H19N2P. The molecule has 3 heteroatoms. The smallest absolute Gasteiger partial charge is 0.0704 e. The Labute approximate surface area is 121 Å². The molecule has 1 aromatic heterocycles. The topological polar surface area (TPSA) is 16.1 Å². The molecule has 2 aliphatic heterocycles. The number of fused-ring (bicyclic) bond motifs is 3. The number of nitrogens with zero attached hydrogens (tertiary/aromatic N) is 2. The van der Waals surface area contributed by atoms with Crippen LogP contribution < -0.4 is 0 Å². The van der Waals surface area contributed by atoms with E-state index < -0.39 is 0 Å². The number of pyridine rings is 1. The van der Waals surface area contributed by atoms with Gasteiger partial charge in [0.1, 0.15) is 0 Å². The van der Waals surface area contributed by atoms with Gasteiger partial charge in [0.05, 0.1) is 5.52 Å². The van der Waals surface area contributed by atoms with Crippen molar-refractivity contribution in [3.63, 3.8) is 0 Å². The molecule has 0 amide bonds. The standard InChI is InChI=1S/C17H19N2P/c1-2-15-10-19-12-20(15)11-14(19)9-13-7-8-18-17-6-4-3-5-16(13)17/h2-8,14-15H,1,9-12H2. The predicted octanol–water partition coefficient (Wildman–Crippen LogP) is 3.47. The first-order valence-electron chi connectivity index (χ1n) is 7.28. The Morgan fingerprint density at radius 2 is 2.25 bits per heavy atom. The van der Waals surface area contributed by atoms with E-state index in [1.165, 1.54) is 36.4 Å². The van der Waals surface area contributed by atoms with Crippen molar-refractivity contribution in [1.29, 1.82) is 0 Å². The summed E-state index contributed by atoms with van der Waals surface area (Å²) in [6.45, 7) is 5.23. The predicted molar refractivity (Wildman–Crippen MR) is 86.6 cm³/mol. The van der Waals surface area contributed by atoms with Crippen LogP contribution in [0.25, 0.3) is 10.9 Å². The summed E-state index contributed by atoms with van der Waals surface area (Å²) in [4.78, 5) is 7.15. The van der Waals surface area contributed by atoms with Gasteiger partial charge in [0.25, 0.3) is 0 Å². The summed E-state index contributed by atoms with van der Waals surface area (Å²) in [5.41, 5.74) is 3.37. The molecule has 0 radical (unpaired) electrons. The molecule has 4 atom stereocenters. The molecule has 2 bridgehead atoms. The number of aromatic nitrogens is 1. The van der Waals surface area contributed by atoms with Crippen molar-refractivity contribution >= 4 is 18.8 Å². The summed E-state index contributed by atoms with van der Waals surface area (Å²) in [6.07, 6.45) is 8.04. The molecule has 2 saturated heterocycles. The molecule has 3 heterocycles. The van der Waals surface area contributed by atoms with Gasteiger partial charge in [-0.3, -0.25) is 9.88 Å². The van der Waals surface area contributed by atoms with E-state index in [1.807, 2.05) is 6.20 Å². The van der Waals surface area contributed by atoms with E-state index in [2.05, 4.69) is 52.9 Å². The summed E-state index contributed by atoms with van der Waals surface area (Å²) in [5.74, 6) is 0. The molecule has 0 saturated carbocycles. The number of rotatable bonds is 3. The molecule has 0 spiro atoms. The normalized spacial score (nSPS) is 31.8. The van der Waals surface area contributed by atoms with Gasteiger partial charge in [-0.2, -0.15) is 0 Å². The third-order valence-corrected chi connectivity index (χ3v) is 7.61. The molecule has 2 aliphatic rings. The largest absolute Gasteiger partial charge is 0.295 e. The van der Waals surface area contributed by atoms with Crippen LogP contribution in [-0.2, 0) is 6.42 Å². The molecule has 20 heavy (non-hydrogen) atoms. The summed E-state index contributed by atoms with van der Waals surface area (Å²) < 4.78 is 0. The van der Waals surface area contributed by atoms with Crippen molar-refractivity contribution in [3.05, 3.63) is 54.7 Å². The van der Waals surface area contributed by atoms with E-state index in [0.717, 1.165) is 17.2 Å². The molecule has 102 valence electrons. The maximum atomic E-state index is 4.47. The van der Waals surface area contributed by atoms with Crippen molar-refractivity contribution in [2.45, 2.75) is 18.1 Å². The summed E-state index contributed by atoms with van der Waals surface area (Å²) >= 11 is 0. The number of para-hydroxylation sites is 1. The fraction of sp³-hybridized carbons (Fsp3) is 0.353. The Bertz CT molecular complexity index is 649. The fourth-order valence-electron chi connectivity index (χ4n) is 3.60. The molecule has 0 aliphatic carbocycles. The van der Waals surface area contributed by atoms with Gasteiger partial charge in [0.2, 0.25) is 0 Å². The lowest BCUT2D eigenvalue weighted by molar-refractivity contribution is 0.276. The van der Waals surface area contributed by atoms with Gasteiger partial charge in [-0.15, -0.1) is 6.58 Å². The maximum Gasteiger partial charge on any atom is 0.0704 e. The Kier molecular flexibility index (Phi) is 3.09. The summed E-state index contributed by atoms with van der Waals surface area (Å²) in [6, 6.07) is 11.4. The van der Waals surface area contributed by atoms with Gasteiger partial charge in [0, 0.05) is 36.1 Å². The van der Waals surface area contributed by atoms with Crippen LogP contribution in [0.4, 0.5) is 0 Å². The molecule has 4 rings (SSSR count). The van der Waals surface area contributed by atoms with Crippen LogP contribution >= 0.6 is 7.92 Å². The molecule has 0 N–H and O–H groups in total. The van der Waals surface area contributed by atoms with Crippen molar-refractivity contribution in [3.8, 4) is 0 Å². The lowest BCUT2D eigenvalue weighted by Crippen LogP contribution is -2.36. The number of hydrogen-bond donors (Lipinski definition) is 0. The Balaban J connectivity index is 1.59. The lowest BCUT2D eigenvalue weighted by atomic mass is 10.0. The summed E-state index contributed by atoms with van der Waals surface area (Å²) in [5, 5.41) is 1.33. The second kappa shape index (κ2) is 4.95. The van der Waals surface area contributed by atoms with Gasteiger partial charge in [-0.05, 0) is 30.3 Å². The first-order valence-corrected chi connectivity index (χ1v) is 9.06. The van der Waals surface area contributed by atoms with E-state index in [0.29, 0.717) is 0 Å². The summed E-state index contributed by atoms with van der Waals surface area (Å²) in [7, 11) is 0.181. The maximum absolute atomic E-state index is 4.47. The third-order valence-electron chi connectivity index (χ3n) is 4.68. The van der Waals surface area contributed by atoms with Gasteiger partial charge in [0.15, 0.2) is 0 Å². The van der Waals surface area contributed by atoms with Gasteiger partial charge >= 0.3 is 0 Å². The Morgan fingerprint density at radius 3 is 3.05 bits per heavy atom. The second-order valence-corrected chi connectivity index (χ2v) is 8.32. The van der Waals surface area contributed by atoms with E-state index in [-0.39, 0.29) is 7.92 Å². The van der Waals surface area contributed by atoms with Gasteiger partial charge in [-0.25, -0.2) is 0 Å². The minimum Gasteiger partial charge on any atom is -0.295 e. The molecule has 1 aromatic carbocycles. The molecular weight excluding hydrogens is 263 g/mol. The van der Waals surface area contributed by atoms with Crippen LogP contribution in [0, 0.1) is 0 Å². The van der Waals surface area contributed by atoms with Crippen LogP contribution in [-0.4, -0.2) is 40.6 Å². The van der Waals surface area contributed by atoms with E-state index in [9.17, 15) is 0 Å². The number of hydrogen-bond acceptors (Lipinski definition) is 2. The van der Waals surface area contributed by atoms with Crippen LogP contribution in [0.2, 0.25) is 0 Å². The van der Waals surface area contributed by atoms with Crippen LogP contribution in [0.5, 0.6) is 0 Å². The zero-order valence-electron chi connectivity index (χ0n) is 11.6. The van der Waals surface area contributed by atoms with E-state index >= 15 is 0 Å². The zero-order valence-corrected chi connectivity index (χ0v) is 12.5. The lowest BCUT2D eigenvalue weighted by Gasteiger charge is -2.28. The quantitative estimate of drug-likeness (QED) is 0.633. The van der Waals surface area contributed by atoms with Crippen molar-refractivity contribution in [2.24, 2.45) is 0 Å². The highest BCUT2D eigenvalue weighted by atomic mass is 31.1. The second-order valence-electron chi connectivity index (χ2n) is 5.83. The Hall–Kier alpha value is -1.24. The van der Waals surface area contributed by atoms with Crippen LogP contribution in [0.15, 0.2) is 49.2 Å². The van der Waals surface area contributed by atoms with Crippen molar-refractivity contribution in [1.82, 2.24) is 9.88 Å². The number of benzene rings is 1. The van der Waals surface area contributed by atoms with Crippen molar-refractivity contribution < 1.29 is 0 Å². The van der Waals surface area contributed by atoms with Gasteiger partial charge < -0.3 is 0 Å². The fourth-order valence-corrected chi connectivity index (χ4v) is 6.65. The molecule has 2 nitrogen and oxygen atoms in total. The van der Waals surface area contributed by atoms with Crippen LogP contribution in [0.3, 0.4) is 0 Å². The van der Waals surface area contributed by atoms with Gasteiger partial charge in [-0.1, -0.05) is 32.2 Å². The monoisotopic (exact) mass is 282 g/mol. The first-order chi connectivity index (χ1) is 9.85. The van der Waals surface area contributed by atoms with Crippen LogP contribution in [0.1, 0.15) is 5.56 Å².